The van der Waals surface area contributed by atoms with E-state index in [2.05, 4.69) is 6.07 Å². The Morgan fingerprint density at radius 1 is 0.900 bits per heavy atom. The Kier molecular flexibility index (Phi) is 6.85. The number of rotatable bonds is 8. The van der Waals surface area contributed by atoms with Gasteiger partial charge in [-0.2, -0.15) is 0 Å². The fraction of sp³-hybridized carbons (Fsp3) is 0.240. The van der Waals surface area contributed by atoms with E-state index < -0.39 is 5.97 Å². The lowest BCUT2D eigenvalue weighted by Crippen LogP contribution is -2.05. The van der Waals surface area contributed by atoms with Crippen LogP contribution in [-0.4, -0.2) is 25.0 Å². The highest BCUT2D eigenvalue weighted by Gasteiger charge is 2.13. The SMILES string of the molecule is COCOc1ccc(Cc2ccc(C(=O)O)c(C)c2C)cc1Cc1ccc(F)cc1. The minimum absolute atomic E-state index is 0.144. The Morgan fingerprint density at radius 3 is 2.23 bits per heavy atom. The van der Waals surface area contributed by atoms with Gasteiger partial charge in [-0.15, -0.1) is 0 Å². The summed E-state index contributed by atoms with van der Waals surface area (Å²) in [5, 5.41) is 9.32. The van der Waals surface area contributed by atoms with Gasteiger partial charge in [0.1, 0.15) is 11.6 Å². The van der Waals surface area contributed by atoms with Crippen LogP contribution in [0, 0.1) is 19.7 Å². The fourth-order valence-corrected chi connectivity index (χ4v) is 3.49. The summed E-state index contributed by atoms with van der Waals surface area (Å²) in [4.78, 5) is 11.4. The molecule has 0 amide bonds. The zero-order valence-corrected chi connectivity index (χ0v) is 17.4. The van der Waals surface area contributed by atoms with Crippen LogP contribution in [0.1, 0.15) is 43.7 Å². The molecule has 3 rings (SSSR count). The first-order valence-corrected chi connectivity index (χ1v) is 9.69. The van der Waals surface area contributed by atoms with E-state index in [9.17, 15) is 14.3 Å². The van der Waals surface area contributed by atoms with Gasteiger partial charge in [0.15, 0.2) is 6.79 Å². The molecule has 5 heteroatoms. The highest BCUT2D eigenvalue weighted by Crippen LogP contribution is 2.27. The van der Waals surface area contributed by atoms with E-state index in [1.807, 2.05) is 32.0 Å². The lowest BCUT2D eigenvalue weighted by Gasteiger charge is -2.15. The van der Waals surface area contributed by atoms with Gasteiger partial charge in [-0.1, -0.05) is 30.3 Å². The van der Waals surface area contributed by atoms with E-state index in [1.54, 1.807) is 25.3 Å². The number of hydrogen-bond acceptors (Lipinski definition) is 3. The highest BCUT2D eigenvalue weighted by atomic mass is 19.1. The van der Waals surface area contributed by atoms with Crippen LogP contribution < -0.4 is 4.74 Å². The quantitative estimate of drug-likeness (QED) is 0.514. The van der Waals surface area contributed by atoms with Crippen molar-refractivity contribution in [2.24, 2.45) is 0 Å². The molecule has 0 spiro atoms. The number of aromatic carboxylic acids is 1. The van der Waals surface area contributed by atoms with Crippen molar-refractivity contribution in [2.75, 3.05) is 13.9 Å². The molecule has 0 aliphatic carbocycles. The first-order chi connectivity index (χ1) is 14.4. The third-order valence-electron chi connectivity index (χ3n) is 5.29. The largest absolute Gasteiger partial charge is 0.478 e. The predicted molar refractivity (Wildman–Crippen MR) is 114 cm³/mol. The van der Waals surface area contributed by atoms with Gasteiger partial charge in [0.2, 0.25) is 0 Å². The molecule has 0 aliphatic rings. The topological polar surface area (TPSA) is 55.8 Å². The highest BCUT2D eigenvalue weighted by molar-refractivity contribution is 5.89. The Morgan fingerprint density at radius 2 is 1.57 bits per heavy atom. The lowest BCUT2D eigenvalue weighted by atomic mass is 9.92. The Bertz CT molecular complexity index is 1040. The van der Waals surface area contributed by atoms with Gasteiger partial charge in [0.25, 0.3) is 0 Å². The summed E-state index contributed by atoms with van der Waals surface area (Å²) < 4.78 is 24.0. The molecule has 0 radical (unpaired) electrons. The molecule has 0 unspecified atom stereocenters. The molecule has 0 aliphatic heterocycles. The van der Waals surface area contributed by atoms with Crippen LogP contribution in [0.25, 0.3) is 0 Å². The zero-order chi connectivity index (χ0) is 21.7. The normalized spacial score (nSPS) is 10.8. The van der Waals surface area contributed by atoms with E-state index in [-0.39, 0.29) is 12.6 Å². The van der Waals surface area contributed by atoms with Crippen LogP contribution in [0.5, 0.6) is 5.75 Å². The van der Waals surface area contributed by atoms with Gasteiger partial charge >= 0.3 is 5.97 Å². The summed E-state index contributed by atoms with van der Waals surface area (Å²) in [6.07, 6.45) is 1.27. The molecule has 0 saturated carbocycles. The molecule has 0 atom stereocenters. The summed E-state index contributed by atoms with van der Waals surface area (Å²) in [5.41, 5.74) is 6.22. The molecule has 4 nitrogen and oxygen atoms in total. The zero-order valence-electron chi connectivity index (χ0n) is 17.4. The Balaban J connectivity index is 1.91. The first kappa shape index (κ1) is 21.5. The average Bonchev–Trinajstić information content (AvgIpc) is 2.72. The van der Waals surface area contributed by atoms with Gasteiger partial charge in [0, 0.05) is 13.5 Å². The molecule has 156 valence electrons. The molecule has 3 aromatic rings. The van der Waals surface area contributed by atoms with Crippen molar-refractivity contribution in [3.05, 3.63) is 99.4 Å². The molecule has 0 aromatic heterocycles. The predicted octanol–water partition coefficient (Wildman–Crippen LogP) is 5.31. The van der Waals surface area contributed by atoms with Crippen LogP contribution in [0.2, 0.25) is 0 Å². The van der Waals surface area contributed by atoms with Crippen LogP contribution in [0.15, 0.2) is 54.6 Å². The van der Waals surface area contributed by atoms with Crippen molar-refractivity contribution in [3.63, 3.8) is 0 Å². The third kappa shape index (κ3) is 5.05. The van der Waals surface area contributed by atoms with Gasteiger partial charge in [-0.25, -0.2) is 9.18 Å². The van der Waals surface area contributed by atoms with Crippen LogP contribution in [-0.2, 0) is 17.6 Å². The minimum Gasteiger partial charge on any atom is -0.478 e. The summed E-state index contributed by atoms with van der Waals surface area (Å²) in [6, 6.07) is 16.0. The molecule has 0 fully saturated rings. The molecule has 30 heavy (non-hydrogen) atoms. The fourth-order valence-electron chi connectivity index (χ4n) is 3.49. The van der Waals surface area contributed by atoms with Crippen LogP contribution in [0.4, 0.5) is 4.39 Å². The van der Waals surface area contributed by atoms with Crippen LogP contribution in [0.3, 0.4) is 0 Å². The molecular weight excluding hydrogens is 383 g/mol. The van der Waals surface area contributed by atoms with Crippen molar-refractivity contribution in [3.8, 4) is 5.75 Å². The molecule has 1 N–H and O–H groups in total. The lowest BCUT2D eigenvalue weighted by molar-refractivity contribution is 0.0505. The number of carbonyl (C=O) groups is 1. The summed E-state index contributed by atoms with van der Waals surface area (Å²) in [7, 11) is 1.57. The first-order valence-electron chi connectivity index (χ1n) is 9.69. The van der Waals surface area contributed by atoms with Crippen molar-refractivity contribution in [2.45, 2.75) is 26.7 Å². The standard InChI is InChI=1S/C25H25FO4/c1-16-17(2)23(25(27)28)10-7-20(16)13-19-6-11-24(30-15-29-3)21(14-19)12-18-4-8-22(26)9-5-18/h4-11,14H,12-13,15H2,1-3H3,(H,27,28). The summed E-state index contributed by atoms with van der Waals surface area (Å²) in [5.74, 6) is -0.457. The van der Waals surface area contributed by atoms with E-state index in [1.165, 1.54) is 12.1 Å². The van der Waals surface area contributed by atoms with Crippen molar-refractivity contribution in [1.29, 1.82) is 0 Å². The number of halogens is 1. The Hall–Kier alpha value is -3.18. The molecule has 0 bridgehead atoms. The van der Waals surface area contributed by atoms with Crippen molar-refractivity contribution in [1.82, 2.24) is 0 Å². The van der Waals surface area contributed by atoms with E-state index >= 15 is 0 Å². The number of carboxylic acids is 1. The minimum atomic E-state index is -0.914. The van der Waals surface area contributed by atoms with E-state index in [0.717, 1.165) is 39.1 Å². The molecule has 0 saturated heterocycles. The number of benzene rings is 3. The molecule has 0 heterocycles. The van der Waals surface area contributed by atoms with Gasteiger partial charge in [0.05, 0.1) is 5.56 Å². The average molecular weight is 408 g/mol. The third-order valence-corrected chi connectivity index (χ3v) is 5.29. The van der Waals surface area contributed by atoms with Crippen molar-refractivity contribution >= 4 is 5.97 Å². The maximum absolute atomic E-state index is 13.2. The van der Waals surface area contributed by atoms with E-state index in [4.69, 9.17) is 9.47 Å². The van der Waals surface area contributed by atoms with Crippen molar-refractivity contribution < 1.29 is 23.8 Å². The monoisotopic (exact) mass is 408 g/mol. The number of ether oxygens (including phenoxy) is 2. The number of methoxy groups -OCH3 is 1. The second-order valence-electron chi connectivity index (χ2n) is 7.30. The summed E-state index contributed by atoms with van der Waals surface area (Å²) in [6.45, 7) is 3.93. The van der Waals surface area contributed by atoms with Gasteiger partial charge in [-0.05, 0) is 77.9 Å². The van der Waals surface area contributed by atoms with E-state index in [0.29, 0.717) is 18.4 Å². The molecule has 3 aromatic carbocycles. The molecular formula is C25H25FO4. The number of hydrogen-bond donors (Lipinski definition) is 1. The van der Waals surface area contributed by atoms with Gasteiger partial charge < -0.3 is 14.6 Å². The maximum Gasteiger partial charge on any atom is 0.335 e. The second kappa shape index (κ2) is 9.55. The second-order valence-corrected chi connectivity index (χ2v) is 7.30. The van der Waals surface area contributed by atoms with Crippen LogP contribution >= 0.6 is 0 Å². The van der Waals surface area contributed by atoms with Gasteiger partial charge in [-0.3, -0.25) is 0 Å². The maximum atomic E-state index is 13.2. The summed E-state index contributed by atoms with van der Waals surface area (Å²) >= 11 is 0. The smallest absolute Gasteiger partial charge is 0.335 e. The number of carboxylic acid groups (broad SMARTS) is 1. The Labute approximate surface area is 175 Å².